The van der Waals surface area contributed by atoms with Gasteiger partial charge < -0.3 is 10.2 Å². The number of nitriles is 1. The molecule has 1 aliphatic rings. The largest absolute Gasteiger partial charge is 0.372 e. The third-order valence-corrected chi connectivity index (χ3v) is 5.71. The summed E-state index contributed by atoms with van der Waals surface area (Å²) in [6.07, 6.45) is 8.20. The number of nitrogens with zero attached hydrogens (tertiary/aromatic N) is 5. The van der Waals surface area contributed by atoms with Crippen molar-refractivity contribution in [3.05, 3.63) is 59.4 Å². The number of amides is 1. The topological polar surface area (TPSA) is 86.8 Å². The molecule has 1 saturated heterocycles. The van der Waals surface area contributed by atoms with Crippen molar-refractivity contribution in [1.29, 1.82) is 5.26 Å². The third kappa shape index (κ3) is 5.14. The van der Waals surface area contributed by atoms with Crippen molar-refractivity contribution in [1.82, 2.24) is 20.3 Å². The average Bonchev–Trinajstić information content (AvgIpc) is 3.29. The molecule has 1 aliphatic heterocycles. The van der Waals surface area contributed by atoms with Gasteiger partial charge in [0.1, 0.15) is 17.3 Å². The van der Waals surface area contributed by atoms with E-state index in [4.69, 9.17) is 0 Å². The number of hydrogen-bond donors (Lipinski definition) is 1. The summed E-state index contributed by atoms with van der Waals surface area (Å²) in [5.74, 6) is -0.418. The number of carbonyl (C=O) groups excluding carboxylic acids is 1. The number of rotatable bonds is 7. The van der Waals surface area contributed by atoms with Crippen LogP contribution in [-0.2, 0) is 17.9 Å². The van der Waals surface area contributed by atoms with Crippen LogP contribution in [0.1, 0.15) is 43.9 Å². The monoisotopic (exact) mass is 428 g/mol. The van der Waals surface area contributed by atoms with Crippen LogP contribution < -0.4 is 10.2 Å². The van der Waals surface area contributed by atoms with Crippen LogP contribution in [-0.4, -0.2) is 34.0 Å². The van der Waals surface area contributed by atoms with Gasteiger partial charge in [-0.3, -0.25) is 9.48 Å². The molecule has 32 heavy (non-hydrogen) atoms. The molecule has 2 aromatic carbocycles. The molecule has 0 radical (unpaired) electrons. The van der Waals surface area contributed by atoms with Gasteiger partial charge in [-0.05, 0) is 66.3 Å². The predicted octanol–water partition coefficient (Wildman–Crippen LogP) is 4.05. The highest BCUT2D eigenvalue weighted by Crippen LogP contribution is 2.26. The highest BCUT2D eigenvalue weighted by Gasteiger charge is 2.12. The Kier molecular flexibility index (Phi) is 6.81. The second kappa shape index (κ2) is 10.1. The smallest absolute Gasteiger partial charge is 0.262 e. The maximum atomic E-state index is 12.5. The fourth-order valence-electron chi connectivity index (χ4n) is 4.03. The Hall–Kier alpha value is -3.66. The average molecular weight is 429 g/mol. The molecule has 0 saturated carbocycles. The number of anilines is 1. The van der Waals surface area contributed by atoms with E-state index in [1.54, 1.807) is 17.0 Å². The summed E-state index contributed by atoms with van der Waals surface area (Å²) in [5.41, 5.74) is 2.81. The van der Waals surface area contributed by atoms with Gasteiger partial charge in [0.25, 0.3) is 5.91 Å². The molecule has 2 heterocycles. The number of nitrogens with one attached hydrogen (secondary N) is 1. The van der Waals surface area contributed by atoms with E-state index in [1.807, 2.05) is 24.3 Å². The Labute approximate surface area is 188 Å². The first kappa shape index (κ1) is 21.6. The lowest BCUT2D eigenvalue weighted by Crippen LogP contribution is -2.29. The highest BCUT2D eigenvalue weighted by molar-refractivity contribution is 6.02. The molecule has 1 aromatic heterocycles. The molecule has 1 amide bonds. The van der Waals surface area contributed by atoms with Crippen LogP contribution in [0.4, 0.5) is 5.69 Å². The Bertz CT molecular complexity index is 1170. The molecule has 0 spiro atoms. The molecule has 1 fully saturated rings. The van der Waals surface area contributed by atoms with Crippen LogP contribution in [0, 0.1) is 11.3 Å². The van der Waals surface area contributed by atoms with E-state index in [1.165, 1.54) is 24.9 Å². The van der Waals surface area contributed by atoms with Crippen LogP contribution in [0.5, 0.6) is 0 Å². The van der Waals surface area contributed by atoms with Crippen molar-refractivity contribution in [2.45, 2.75) is 45.7 Å². The summed E-state index contributed by atoms with van der Waals surface area (Å²) >= 11 is 0. The number of piperidine rings is 1. The third-order valence-electron chi connectivity index (χ3n) is 5.71. The molecule has 7 heteroatoms. The molecule has 3 aromatic rings. The lowest BCUT2D eigenvalue weighted by Gasteiger charge is -2.29. The Morgan fingerprint density at radius 2 is 1.94 bits per heavy atom. The Morgan fingerprint density at radius 1 is 1.16 bits per heavy atom. The minimum absolute atomic E-state index is 0.0650. The lowest BCUT2D eigenvalue weighted by molar-refractivity contribution is -0.117. The fourth-order valence-corrected chi connectivity index (χ4v) is 4.03. The molecule has 164 valence electrons. The number of hydrogen-bond acceptors (Lipinski definition) is 5. The molecule has 4 rings (SSSR count). The number of benzene rings is 2. The van der Waals surface area contributed by atoms with E-state index in [2.05, 4.69) is 45.7 Å². The molecule has 7 nitrogen and oxygen atoms in total. The van der Waals surface area contributed by atoms with E-state index < -0.39 is 5.91 Å². The van der Waals surface area contributed by atoms with Gasteiger partial charge in [-0.25, -0.2) is 0 Å². The van der Waals surface area contributed by atoms with E-state index >= 15 is 0 Å². The standard InChI is InChI=1S/C25H28N6O/c1-2-10-31-18-23(28-29-31)17-27-25(32)22(16-26)14-19-6-7-21-15-24(9-8-20(21)13-19)30-11-4-3-5-12-30/h6-9,13-15,18H,2-5,10-12,17H2,1H3,(H,27,32)/b22-14+. The second-order valence-corrected chi connectivity index (χ2v) is 8.16. The van der Waals surface area contributed by atoms with Crippen molar-refractivity contribution >= 4 is 28.4 Å². The summed E-state index contributed by atoms with van der Waals surface area (Å²) in [7, 11) is 0. The lowest BCUT2D eigenvalue weighted by atomic mass is 10.0. The Balaban J connectivity index is 1.45. The van der Waals surface area contributed by atoms with E-state index in [0.29, 0.717) is 5.69 Å². The fraction of sp³-hybridized carbons (Fsp3) is 0.360. The van der Waals surface area contributed by atoms with Crippen molar-refractivity contribution in [2.24, 2.45) is 0 Å². The molecule has 0 bridgehead atoms. The number of carbonyl (C=O) groups is 1. The van der Waals surface area contributed by atoms with Gasteiger partial charge in [-0.15, -0.1) is 5.10 Å². The molecule has 0 aliphatic carbocycles. The normalized spacial score (nSPS) is 14.4. The zero-order valence-electron chi connectivity index (χ0n) is 18.4. The van der Waals surface area contributed by atoms with Crippen LogP contribution in [0.25, 0.3) is 16.8 Å². The SMILES string of the molecule is CCCn1cc(CNC(=O)/C(C#N)=C/c2ccc3cc(N4CCCCC4)ccc3c2)nn1. The van der Waals surface area contributed by atoms with Gasteiger partial charge >= 0.3 is 0 Å². The molecule has 1 N–H and O–H groups in total. The first-order chi connectivity index (χ1) is 15.7. The van der Waals surface area contributed by atoms with Crippen molar-refractivity contribution < 1.29 is 4.79 Å². The van der Waals surface area contributed by atoms with Crippen LogP contribution >= 0.6 is 0 Å². The van der Waals surface area contributed by atoms with E-state index in [-0.39, 0.29) is 12.1 Å². The van der Waals surface area contributed by atoms with Gasteiger partial charge in [0.15, 0.2) is 0 Å². The molecular formula is C25H28N6O. The summed E-state index contributed by atoms with van der Waals surface area (Å²) in [6, 6.07) is 14.5. The van der Waals surface area contributed by atoms with Crippen molar-refractivity contribution in [3.63, 3.8) is 0 Å². The van der Waals surface area contributed by atoms with Gasteiger partial charge in [-0.1, -0.05) is 30.3 Å². The van der Waals surface area contributed by atoms with Crippen LogP contribution in [0.15, 0.2) is 48.2 Å². The summed E-state index contributed by atoms with van der Waals surface area (Å²) in [4.78, 5) is 14.9. The van der Waals surface area contributed by atoms with Gasteiger partial charge in [0, 0.05) is 25.3 Å². The van der Waals surface area contributed by atoms with Gasteiger partial charge in [-0.2, -0.15) is 5.26 Å². The van der Waals surface area contributed by atoms with Gasteiger partial charge in [0.05, 0.1) is 12.7 Å². The quantitative estimate of drug-likeness (QED) is 0.453. The van der Waals surface area contributed by atoms with Crippen molar-refractivity contribution in [2.75, 3.05) is 18.0 Å². The molecule has 0 atom stereocenters. The van der Waals surface area contributed by atoms with Gasteiger partial charge in [0.2, 0.25) is 0 Å². The van der Waals surface area contributed by atoms with E-state index in [0.717, 1.165) is 42.4 Å². The minimum atomic E-state index is -0.418. The zero-order valence-corrected chi connectivity index (χ0v) is 18.4. The molecular weight excluding hydrogens is 400 g/mol. The number of aromatic nitrogens is 3. The maximum absolute atomic E-state index is 12.5. The first-order valence-electron chi connectivity index (χ1n) is 11.2. The first-order valence-corrected chi connectivity index (χ1v) is 11.2. The predicted molar refractivity (Wildman–Crippen MR) is 126 cm³/mol. The summed E-state index contributed by atoms with van der Waals surface area (Å²) in [6.45, 7) is 5.31. The summed E-state index contributed by atoms with van der Waals surface area (Å²) < 4.78 is 1.74. The van der Waals surface area contributed by atoms with Crippen LogP contribution in [0.3, 0.4) is 0 Å². The van der Waals surface area contributed by atoms with E-state index in [9.17, 15) is 10.1 Å². The van der Waals surface area contributed by atoms with Crippen molar-refractivity contribution in [3.8, 4) is 6.07 Å². The number of fused-ring (bicyclic) bond motifs is 1. The number of aryl methyl sites for hydroxylation is 1. The Morgan fingerprint density at radius 3 is 2.72 bits per heavy atom. The highest BCUT2D eigenvalue weighted by atomic mass is 16.1. The zero-order chi connectivity index (χ0) is 22.3. The summed E-state index contributed by atoms with van der Waals surface area (Å²) in [5, 5.41) is 22.6. The van der Waals surface area contributed by atoms with Crippen LogP contribution in [0.2, 0.25) is 0 Å². The maximum Gasteiger partial charge on any atom is 0.262 e. The molecule has 0 unspecified atom stereocenters. The minimum Gasteiger partial charge on any atom is -0.372 e. The second-order valence-electron chi connectivity index (χ2n) is 8.16.